The molecule has 1 N–H and O–H groups in total. The fourth-order valence-corrected chi connectivity index (χ4v) is 1.75. The van der Waals surface area contributed by atoms with Crippen molar-refractivity contribution in [3.8, 4) is 0 Å². The smallest absolute Gasteiger partial charge is 0.144 e. The van der Waals surface area contributed by atoms with E-state index in [1.165, 1.54) is 0 Å². The standard InChI is InChI=1S/C11H16Cl2N2O/c1-16-6-4-2-3-5-14-11-10(13)7-9(12)8-15-11/h7-8H,2-6H2,1H3,(H,14,15). The summed E-state index contributed by atoms with van der Waals surface area (Å²) in [5.74, 6) is 0.692. The van der Waals surface area contributed by atoms with E-state index in [0.29, 0.717) is 15.9 Å². The van der Waals surface area contributed by atoms with E-state index in [1.807, 2.05) is 0 Å². The van der Waals surface area contributed by atoms with Gasteiger partial charge in [-0.05, 0) is 25.3 Å². The Kier molecular flexibility index (Phi) is 6.53. The molecule has 0 radical (unpaired) electrons. The van der Waals surface area contributed by atoms with Crippen molar-refractivity contribution >= 4 is 29.0 Å². The Morgan fingerprint density at radius 1 is 1.31 bits per heavy atom. The number of rotatable bonds is 7. The minimum absolute atomic E-state index is 0.552. The number of aromatic nitrogens is 1. The summed E-state index contributed by atoms with van der Waals surface area (Å²) < 4.78 is 4.97. The average molecular weight is 263 g/mol. The van der Waals surface area contributed by atoms with Gasteiger partial charge in [0.1, 0.15) is 5.82 Å². The summed E-state index contributed by atoms with van der Waals surface area (Å²) in [5, 5.41) is 4.29. The molecule has 1 aromatic rings. The van der Waals surface area contributed by atoms with Crippen molar-refractivity contribution < 1.29 is 4.74 Å². The number of methoxy groups -OCH3 is 1. The van der Waals surface area contributed by atoms with Gasteiger partial charge in [0.25, 0.3) is 0 Å². The highest BCUT2D eigenvalue weighted by Gasteiger charge is 2.01. The third-order valence-corrected chi connectivity index (χ3v) is 2.62. The molecule has 0 saturated heterocycles. The maximum absolute atomic E-state index is 5.96. The van der Waals surface area contributed by atoms with Crippen molar-refractivity contribution in [1.82, 2.24) is 4.98 Å². The number of hydrogen-bond acceptors (Lipinski definition) is 3. The second kappa shape index (κ2) is 7.71. The predicted molar refractivity (Wildman–Crippen MR) is 68.5 cm³/mol. The Balaban J connectivity index is 2.21. The van der Waals surface area contributed by atoms with E-state index in [-0.39, 0.29) is 0 Å². The van der Waals surface area contributed by atoms with Crippen LogP contribution in [0.5, 0.6) is 0 Å². The molecule has 16 heavy (non-hydrogen) atoms. The minimum Gasteiger partial charge on any atom is -0.385 e. The Morgan fingerprint density at radius 3 is 2.81 bits per heavy atom. The fraction of sp³-hybridized carbons (Fsp3) is 0.545. The lowest BCUT2D eigenvalue weighted by Crippen LogP contribution is -2.04. The minimum atomic E-state index is 0.552. The van der Waals surface area contributed by atoms with Gasteiger partial charge in [0.05, 0.1) is 10.0 Å². The molecule has 0 aliphatic carbocycles. The van der Waals surface area contributed by atoms with Crippen molar-refractivity contribution in [2.75, 3.05) is 25.6 Å². The Hall–Kier alpha value is -0.510. The molecule has 0 saturated carbocycles. The molecular weight excluding hydrogens is 247 g/mol. The molecule has 1 heterocycles. The molecule has 1 aromatic heterocycles. The zero-order chi connectivity index (χ0) is 11.8. The van der Waals surface area contributed by atoms with Gasteiger partial charge in [0.2, 0.25) is 0 Å². The normalized spacial score (nSPS) is 10.4. The Morgan fingerprint density at radius 2 is 2.12 bits per heavy atom. The van der Waals surface area contributed by atoms with E-state index < -0.39 is 0 Å². The zero-order valence-electron chi connectivity index (χ0n) is 9.30. The molecule has 0 aliphatic rings. The molecule has 0 aromatic carbocycles. The van der Waals surface area contributed by atoms with E-state index in [2.05, 4.69) is 10.3 Å². The quantitative estimate of drug-likeness (QED) is 0.763. The van der Waals surface area contributed by atoms with Crippen molar-refractivity contribution in [3.05, 3.63) is 22.3 Å². The van der Waals surface area contributed by atoms with Gasteiger partial charge in [-0.2, -0.15) is 0 Å². The van der Waals surface area contributed by atoms with Crippen LogP contribution in [0, 0.1) is 0 Å². The van der Waals surface area contributed by atoms with Gasteiger partial charge in [0.15, 0.2) is 0 Å². The second-order valence-corrected chi connectivity index (χ2v) is 4.31. The highest BCUT2D eigenvalue weighted by molar-refractivity contribution is 6.35. The first-order chi connectivity index (χ1) is 7.74. The summed E-state index contributed by atoms with van der Waals surface area (Å²) in [4.78, 5) is 4.11. The predicted octanol–water partition coefficient (Wildman–Crippen LogP) is 3.62. The van der Waals surface area contributed by atoms with Crippen LogP contribution in [0.1, 0.15) is 19.3 Å². The van der Waals surface area contributed by atoms with Crippen molar-refractivity contribution in [3.63, 3.8) is 0 Å². The second-order valence-electron chi connectivity index (χ2n) is 3.46. The monoisotopic (exact) mass is 262 g/mol. The molecule has 0 fully saturated rings. The molecule has 0 bridgehead atoms. The van der Waals surface area contributed by atoms with E-state index in [1.54, 1.807) is 19.4 Å². The van der Waals surface area contributed by atoms with Gasteiger partial charge in [-0.25, -0.2) is 4.98 Å². The molecule has 0 aliphatic heterocycles. The van der Waals surface area contributed by atoms with Crippen LogP contribution in [0.3, 0.4) is 0 Å². The van der Waals surface area contributed by atoms with Crippen LogP contribution in [0.2, 0.25) is 10.0 Å². The van der Waals surface area contributed by atoms with Gasteiger partial charge < -0.3 is 10.1 Å². The number of nitrogens with one attached hydrogen (secondary N) is 1. The molecule has 0 amide bonds. The summed E-state index contributed by atoms with van der Waals surface area (Å²) in [7, 11) is 1.72. The number of nitrogens with zero attached hydrogens (tertiary/aromatic N) is 1. The maximum atomic E-state index is 5.96. The molecule has 3 nitrogen and oxygen atoms in total. The SMILES string of the molecule is COCCCCCNc1ncc(Cl)cc1Cl. The molecular formula is C11H16Cl2N2O. The van der Waals surface area contributed by atoms with Crippen LogP contribution in [-0.2, 0) is 4.74 Å². The number of anilines is 1. The first-order valence-corrected chi connectivity index (χ1v) is 6.03. The first kappa shape index (κ1) is 13.6. The van der Waals surface area contributed by atoms with E-state index in [0.717, 1.165) is 32.4 Å². The van der Waals surface area contributed by atoms with Crippen molar-refractivity contribution in [2.24, 2.45) is 0 Å². The summed E-state index contributed by atoms with van der Waals surface area (Å²) in [6.45, 7) is 1.68. The zero-order valence-corrected chi connectivity index (χ0v) is 10.8. The number of ether oxygens (including phenoxy) is 1. The fourth-order valence-electron chi connectivity index (χ4n) is 1.30. The van der Waals surface area contributed by atoms with E-state index in [4.69, 9.17) is 27.9 Å². The average Bonchev–Trinajstić information content (AvgIpc) is 2.26. The van der Waals surface area contributed by atoms with Crippen LogP contribution in [0.4, 0.5) is 5.82 Å². The Bertz CT molecular complexity index is 321. The van der Waals surface area contributed by atoms with E-state index >= 15 is 0 Å². The van der Waals surface area contributed by atoms with Crippen LogP contribution in [-0.4, -0.2) is 25.2 Å². The summed E-state index contributed by atoms with van der Waals surface area (Å²) in [6.07, 6.45) is 4.87. The van der Waals surface area contributed by atoms with Gasteiger partial charge in [-0.15, -0.1) is 0 Å². The van der Waals surface area contributed by atoms with Crippen molar-refractivity contribution in [2.45, 2.75) is 19.3 Å². The summed E-state index contributed by atoms with van der Waals surface area (Å²) in [5.41, 5.74) is 0. The van der Waals surface area contributed by atoms with Gasteiger partial charge in [-0.3, -0.25) is 0 Å². The maximum Gasteiger partial charge on any atom is 0.144 e. The van der Waals surface area contributed by atoms with Crippen LogP contribution < -0.4 is 5.32 Å². The lowest BCUT2D eigenvalue weighted by molar-refractivity contribution is 0.192. The van der Waals surface area contributed by atoms with Gasteiger partial charge in [0, 0.05) is 26.5 Å². The van der Waals surface area contributed by atoms with E-state index in [9.17, 15) is 0 Å². The molecule has 0 spiro atoms. The molecule has 5 heteroatoms. The van der Waals surface area contributed by atoms with Gasteiger partial charge in [-0.1, -0.05) is 23.2 Å². The number of hydrogen-bond donors (Lipinski definition) is 1. The van der Waals surface area contributed by atoms with Crippen LogP contribution in [0.25, 0.3) is 0 Å². The van der Waals surface area contributed by atoms with Crippen molar-refractivity contribution in [1.29, 1.82) is 0 Å². The Labute approximate surface area is 106 Å². The topological polar surface area (TPSA) is 34.1 Å². The first-order valence-electron chi connectivity index (χ1n) is 5.28. The lowest BCUT2D eigenvalue weighted by atomic mass is 10.2. The molecule has 0 unspecified atom stereocenters. The van der Waals surface area contributed by atoms with Gasteiger partial charge >= 0.3 is 0 Å². The highest BCUT2D eigenvalue weighted by Crippen LogP contribution is 2.22. The summed E-state index contributed by atoms with van der Waals surface area (Å²) in [6, 6.07) is 1.68. The number of pyridine rings is 1. The third-order valence-electron chi connectivity index (χ3n) is 2.13. The number of halogens is 2. The molecule has 90 valence electrons. The van der Waals surface area contributed by atoms with Crippen LogP contribution in [0.15, 0.2) is 12.3 Å². The third kappa shape index (κ3) is 5.01. The molecule has 0 atom stereocenters. The molecule has 1 rings (SSSR count). The highest BCUT2D eigenvalue weighted by atomic mass is 35.5. The lowest BCUT2D eigenvalue weighted by Gasteiger charge is -2.07. The van der Waals surface area contributed by atoms with Crippen LogP contribution >= 0.6 is 23.2 Å². The number of unbranched alkanes of at least 4 members (excludes halogenated alkanes) is 2. The largest absolute Gasteiger partial charge is 0.385 e. The summed E-state index contributed by atoms with van der Waals surface area (Å²) >= 11 is 11.7.